The number of primary amides is 1. The van der Waals surface area contributed by atoms with Crippen molar-refractivity contribution in [3.63, 3.8) is 0 Å². The Bertz CT molecular complexity index is 922. The second kappa shape index (κ2) is 10.1. The quantitative estimate of drug-likeness (QED) is 0.440. The number of fused-ring (bicyclic) bond motifs is 1. The summed E-state index contributed by atoms with van der Waals surface area (Å²) in [7, 11) is 1.59. The summed E-state index contributed by atoms with van der Waals surface area (Å²) in [6.45, 7) is -0.0741. The van der Waals surface area contributed by atoms with Crippen LogP contribution in [0, 0.1) is 0 Å². The number of anilines is 1. The number of esters is 1. The minimum Gasteiger partial charge on any atom is -0.497 e. The van der Waals surface area contributed by atoms with Gasteiger partial charge in [-0.15, -0.1) is 11.3 Å². The zero-order valence-electron chi connectivity index (χ0n) is 16.7. The molecule has 0 fully saturated rings. The van der Waals surface area contributed by atoms with Crippen molar-refractivity contribution in [1.82, 2.24) is 0 Å². The number of nitrogens with one attached hydrogen (secondary N) is 1. The van der Waals surface area contributed by atoms with Gasteiger partial charge < -0.3 is 25.3 Å². The lowest BCUT2D eigenvalue weighted by molar-refractivity contribution is -0.147. The zero-order chi connectivity index (χ0) is 21.5. The molecule has 8 nitrogen and oxygen atoms in total. The van der Waals surface area contributed by atoms with E-state index in [1.165, 1.54) is 11.3 Å². The van der Waals surface area contributed by atoms with Gasteiger partial charge in [0.1, 0.15) is 16.5 Å². The Hall–Kier alpha value is -3.07. The Morgan fingerprint density at radius 3 is 2.57 bits per heavy atom. The average Bonchev–Trinajstić information content (AvgIpc) is 3.30. The lowest BCUT2D eigenvalue weighted by atomic mass is 10.1. The van der Waals surface area contributed by atoms with Crippen LogP contribution < -0.4 is 20.5 Å². The molecule has 0 spiro atoms. The number of methoxy groups -OCH3 is 1. The van der Waals surface area contributed by atoms with Crippen LogP contribution in [-0.2, 0) is 27.2 Å². The largest absolute Gasteiger partial charge is 0.497 e. The van der Waals surface area contributed by atoms with Gasteiger partial charge in [0.05, 0.1) is 19.3 Å². The maximum absolute atomic E-state index is 12.1. The second-order valence-electron chi connectivity index (χ2n) is 6.76. The first-order valence-electron chi connectivity index (χ1n) is 9.64. The number of carbonyl (C=O) groups excluding carboxylic acids is 3. The van der Waals surface area contributed by atoms with Crippen LogP contribution in [0.15, 0.2) is 24.3 Å². The predicted octanol–water partition coefficient (Wildman–Crippen LogP) is 2.69. The second-order valence-corrected chi connectivity index (χ2v) is 7.87. The normalized spacial score (nSPS) is 12.2. The number of nitrogens with two attached hydrogens (primary N) is 1. The molecule has 2 aromatic rings. The van der Waals surface area contributed by atoms with Crippen molar-refractivity contribution >= 4 is 34.1 Å². The van der Waals surface area contributed by atoms with Gasteiger partial charge in [-0.25, -0.2) is 0 Å². The van der Waals surface area contributed by atoms with Gasteiger partial charge in [0.15, 0.2) is 6.61 Å². The molecule has 1 aliphatic carbocycles. The molecule has 0 bridgehead atoms. The summed E-state index contributed by atoms with van der Waals surface area (Å²) in [6.07, 6.45) is 3.23. The molecule has 0 unspecified atom stereocenters. The van der Waals surface area contributed by atoms with Crippen molar-refractivity contribution in [2.75, 3.05) is 25.6 Å². The van der Waals surface area contributed by atoms with Crippen LogP contribution in [-0.4, -0.2) is 38.1 Å². The summed E-state index contributed by atoms with van der Waals surface area (Å²) in [5.74, 6) is -0.137. The van der Waals surface area contributed by atoms with E-state index in [9.17, 15) is 14.4 Å². The number of carbonyl (C=O) groups is 3. The molecular weight excluding hydrogens is 408 g/mol. The van der Waals surface area contributed by atoms with Crippen molar-refractivity contribution in [3.8, 4) is 11.5 Å². The van der Waals surface area contributed by atoms with E-state index in [0.29, 0.717) is 29.3 Å². The molecule has 1 heterocycles. The fourth-order valence-electron chi connectivity index (χ4n) is 3.21. The SMILES string of the molecule is COc1ccc(OCCCC(=O)OCC(=O)Nc2sc3c(c2C(N)=O)CCC3)cc1. The highest BCUT2D eigenvalue weighted by atomic mass is 32.1. The molecule has 1 aromatic heterocycles. The molecule has 1 aliphatic rings. The molecule has 160 valence electrons. The topological polar surface area (TPSA) is 117 Å². The third-order valence-electron chi connectivity index (χ3n) is 4.64. The van der Waals surface area contributed by atoms with Crippen LogP contribution in [0.4, 0.5) is 5.00 Å². The Balaban J connectivity index is 1.37. The zero-order valence-corrected chi connectivity index (χ0v) is 17.5. The number of thiophene rings is 1. The third kappa shape index (κ3) is 5.50. The van der Waals surface area contributed by atoms with E-state index in [2.05, 4.69) is 5.32 Å². The fourth-order valence-corrected chi connectivity index (χ4v) is 4.52. The Morgan fingerprint density at radius 1 is 1.13 bits per heavy atom. The van der Waals surface area contributed by atoms with E-state index in [4.69, 9.17) is 19.9 Å². The molecule has 0 aliphatic heterocycles. The molecule has 0 saturated heterocycles. The number of ether oxygens (including phenoxy) is 3. The van der Waals surface area contributed by atoms with E-state index >= 15 is 0 Å². The molecule has 9 heteroatoms. The first-order valence-corrected chi connectivity index (χ1v) is 10.5. The van der Waals surface area contributed by atoms with E-state index in [0.717, 1.165) is 35.5 Å². The molecule has 0 radical (unpaired) electrons. The van der Waals surface area contributed by atoms with Gasteiger partial charge in [0.2, 0.25) is 0 Å². The van der Waals surface area contributed by atoms with Gasteiger partial charge in [0.25, 0.3) is 11.8 Å². The number of aryl methyl sites for hydroxylation is 1. The highest BCUT2D eigenvalue weighted by Crippen LogP contribution is 2.38. The first kappa shape index (κ1) is 21.6. The van der Waals surface area contributed by atoms with Gasteiger partial charge >= 0.3 is 5.97 Å². The van der Waals surface area contributed by atoms with Gasteiger partial charge in [-0.05, 0) is 55.5 Å². The van der Waals surface area contributed by atoms with Crippen LogP contribution in [0.1, 0.15) is 40.1 Å². The smallest absolute Gasteiger partial charge is 0.306 e. The number of amides is 2. The monoisotopic (exact) mass is 432 g/mol. The lowest BCUT2D eigenvalue weighted by Crippen LogP contribution is -2.22. The van der Waals surface area contributed by atoms with Crippen LogP contribution in [0.2, 0.25) is 0 Å². The van der Waals surface area contributed by atoms with Crippen molar-refractivity contribution in [3.05, 3.63) is 40.3 Å². The summed E-state index contributed by atoms with van der Waals surface area (Å²) in [5.41, 5.74) is 6.77. The molecule has 30 heavy (non-hydrogen) atoms. The van der Waals surface area contributed by atoms with Crippen LogP contribution in [0.25, 0.3) is 0 Å². The van der Waals surface area contributed by atoms with E-state index in [1.807, 2.05) is 0 Å². The lowest BCUT2D eigenvalue weighted by Gasteiger charge is -2.08. The van der Waals surface area contributed by atoms with Crippen LogP contribution in [0.5, 0.6) is 11.5 Å². The number of rotatable bonds is 10. The van der Waals surface area contributed by atoms with Crippen molar-refractivity contribution in [2.45, 2.75) is 32.1 Å². The highest BCUT2D eigenvalue weighted by Gasteiger charge is 2.26. The number of benzene rings is 1. The average molecular weight is 432 g/mol. The molecule has 0 saturated carbocycles. The van der Waals surface area contributed by atoms with E-state index in [-0.39, 0.29) is 6.42 Å². The molecule has 3 N–H and O–H groups in total. The summed E-state index contributed by atoms with van der Waals surface area (Å²) >= 11 is 1.36. The summed E-state index contributed by atoms with van der Waals surface area (Å²) in [5, 5.41) is 3.07. The van der Waals surface area contributed by atoms with E-state index < -0.39 is 24.4 Å². The van der Waals surface area contributed by atoms with Crippen molar-refractivity contribution < 1.29 is 28.6 Å². The van der Waals surface area contributed by atoms with Gasteiger partial charge in [-0.1, -0.05) is 0 Å². The van der Waals surface area contributed by atoms with Gasteiger partial charge in [0, 0.05) is 11.3 Å². The predicted molar refractivity (Wildman–Crippen MR) is 112 cm³/mol. The molecular formula is C21H24N2O6S. The minimum absolute atomic E-state index is 0.128. The molecule has 0 atom stereocenters. The summed E-state index contributed by atoms with van der Waals surface area (Å²) < 4.78 is 15.6. The van der Waals surface area contributed by atoms with Crippen molar-refractivity contribution in [1.29, 1.82) is 0 Å². The Labute approximate surface area is 178 Å². The Kier molecular flexibility index (Phi) is 7.29. The molecule has 2 amide bonds. The van der Waals surface area contributed by atoms with Crippen LogP contribution >= 0.6 is 11.3 Å². The first-order chi connectivity index (χ1) is 14.5. The maximum Gasteiger partial charge on any atom is 0.306 e. The fraction of sp³-hybridized carbons (Fsp3) is 0.381. The van der Waals surface area contributed by atoms with E-state index in [1.54, 1.807) is 31.4 Å². The number of hydrogen-bond acceptors (Lipinski definition) is 7. The van der Waals surface area contributed by atoms with Crippen molar-refractivity contribution in [2.24, 2.45) is 5.73 Å². The van der Waals surface area contributed by atoms with Gasteiger partial charge in [-0.3, -0.25) is 14.4 Å². The summed E-state index contributed by atoms with van der Waals surface area (Å²) in [4.78, 5) is 36.8. The van der Waals surface area contributed by atoms with Gasteiger partial charge in [-0.2, -0.15) is 0 Å². The molecule has 3 rings (SSSR count). The Morgan fingerprint density at radius 2 is 1.87 bits per heavy atom. The molecule has 1 aromatic carbocycles. The highest BCUT2D eigenvalue weighted by molar-refractivity contribution is 7.17. The standard InChI is InChI=1S/C21H24N2O6S/c1-27-13-7-9-14(10-8-13)28-11-3-6-18(25)29-12-17(24)23-21-19(20(22)26)15-4-2-5-16(15)30-21/h7-10H,2-6,11-12H2,1H3,(H2,22,26)(H,23,24). The number of hydrogen-bond donors (Lipinski definition) is 2. The van der Waals surface area contributed by atoms with Crippen LogP contribution in [0.3, 0.4) is 0 Å². The maximum atomic E-state index is 12.1. The summed E-state index contributed by atoms with van der Waals surface area (Å²) in [6, 6.07) is 7.13. The minimum atomic E-state index is -0.557. The third-order valence-corrected chi connectivity index (χ3v) is 5.85.